The van der Waals surface area contributed by atoms with Gasteiger partial charge in [-0.3, -0.25) is 9.69 Å². The largest absolute Gasteiger partial charge is 0.507 e. The Kier molecular flexibility index (Phi) is 4.81. The molecule has 2 aliphatic rings. The normalized spacial score (nSPS) is 18.7. The van der Waals surface area contributed by atoms with Gasteiger partial charge in [-0.05, 0) is 31.7 Å². The smallest absolute Gasteiger partial charge is 0.254 e. The molecule has 5 heteroatoms. The Labute approximate surface area is 154 Å². The van der Waals surface area contributed by atoms with Gasteiger partial charge in [0.25, 0.3) is 5.56 Å². The number of aromatic hydroxyl groups is 1. The van der Waals surface area contributed by atoms with Gasteiger partial charge in [0.2, 0.25) is 0 Å². The number of phenolic OH excluding ortho intramolecular Hbond substituents is 1. The summed E-state index contributed by atoms with van der Waals surface area (Å²) in [5, 5.41) is 10.3. The molecule has 2 heterocycles. The lowest BCUT2D eigenvalue weighted by Gasteiger charge is -2.29. The average Bonchev–Trinajstić information content (AvgIpc) is 2.66. The highest BCUT2D eigenvalue weighted by atomic mass is 16.3. The van der Waals surface area contributed by atoms with Crippen LogP contribution in [-0.4, -0.2) is 26.5 Å². The van der Waals surface area contributed by atoms with Gasteiger partial charge in [0, 0.05) is 36.7 Å². The molecule has 0 saturated heterocycles. The predicted octanol–water partition coefficient (Wildman–Crippen LogP) is 3.39. The van der Waals surface area contributed by atoms with Gasteiger partial charge in [-0.15, -0.1) is 0 Å². The molecule has 0 radical (unpaired) electrons. The van der Waals surface area contributed by atoms with E-state index >= 15 is 0 Å². The van der Waals surface area contributed by atoms with Crippen LogP contribution in [0.15, 0.2) is 23.0 Å². The molecule has 1 saturated carbocycles. The van der Waals surface area contributed by atoms with Crippen molar-refractivity contribution in [3.63, 3.8) is 0 Å². The van der Waals surface area contributed by atoms with E-state index in [9.17, 15) is 9.90 Å². The van der Waals surface area contributed by atoms with Gasteiger partial charge in [-0.1, -0.05) is 37.5 Å². The molecule has 5 nitrogen and oxygen atoms in total. The van der Waals surface area contributed by atoms with Crippen molar-refractivity contribution in [2.75, 3.05) is 6.54 Å². The molecule has 1 aromatic carbocycles. The van der Waals surface area contributed by atoms with Gasteiger partial charge in [-0.2, -0.15) is 0 Å². The van der Waals surface area contributed by atoms with Gasteiger partial charge >= 0.3 is 0 Å². The van der Waals surface area contributed by atoms with Crippen molar-refractivity contribution in [2.45, 2.75) is 64.5 Å². The van der Waals surface area contributed by atoms with E-state index in [-0.39, 0.29) is 5.56 Å². The van der Waals surface area contributed by atoms with E-state index in [4.69, 9.17) is 4.98 Å². The fraction of sp³-hybridized carbons (Fsp3) is 0.524. The first kappa shape index (κ1) is 17.3. The van der Waals surface area contributed by atoms with Gasteiger partial charge in [-0.25, -0.2) is 4.98 Å². The van der Waals surface area contributed by atoms with Gasteiger partial charge in [0.15, 0.2) is 0 Å². The van der Waals surface area contributed by atoms with Crippen LogP contribution in [0.25, 0.3) is 0 Å². The van der Waals surface area contributed by atoms with Crippen LogP contribution >= 0.6 is 0 Å². The number of phenols is 1. The van der Waals surface area contributed by atoms with Crippen LogP contribution in [0.1, 0.15) is 66.2 Å². The lowest BCUT2D eigenvalue weighted by molar-refractivity contribution is 0.236. The molecule has 26 heavy (non-hydrogen) atoms. The fourth-order valence-corrected chi connectivity index (χ4v) is 4.31. The second-order valence-corrected chi connectivity index (χ2v) is 7.75. The third-order valence-corrected chi connectivity index (χ3v) is 5.88. The molecule has 0 spiro atoms. The number of aromatic amines is 1. The second kappa shape index (κ2) is 7.23. The van der Waals surface area contributed by atoms with Gasteiger partial charge in [0.1, 0.15) is 11.6 Å². The zero-order chi connectivity index (χ0) is 18.1. The molecule has 0 bridgehead atoms. The summed E-state index contributed by atoms with van der Waals surface area (Å²) in [4.78, 5) is 22.7. The van der Waals surface area contributed by atoms with Gasteiger partial charge < -0.3 is 10.1 Å². The number of aromatic nitrogens is 2. The van der Waals surface area contributed by atoms with Crippen molar-refractivity contribution >= 4 is 0 Å². The summed E-state index contributed by atoms with van der Waals surface area (Å²) in [5.74, 6) is 1.66. The molecular weight excluding hydrogens is 326 g/mol. The maximum Gasteiger partial charge on any atom is 0.254 e. The number of nitrogens with one attached hydrogen (secondary N) is 1. The third kappa shape index (κ3) is 3.40. The highest BCUT2D eigenvalue weighted by Crippen LogP contribution is 2.31. The monoisotopic (exact) mass is 353 g/mol. The number of fused-ring (bicyclic) bond motifs is 1. The van der Waals surface area contributed by atoms with Crippen molar-refractivity contribution in [3.05, 3.63) is 56.8 Å². The lowest BCUT2D eigenvalue weighted by Crippen LogP contribution is -2.35. The SMILES string of the molecule is Cc1cccc(CN2CCc3c(nc(C4CCCCC4)[nH]c3=O)C2)c1O. The van der Waals surface area contributed by atoms with Crippen LogP contribution in [0.3, 0.4) is 0 Å². The Morgan fingerprint density at radius 1 is 1.27 bits per heavy atom. The number of hydrogen-bond donors (Lipinski definition) is 2. The number of rotatable bonds is 3. The summed E-state index contributed by atoms with van der Waals surface area (Å²) < 4.78 is 0. The summed E-state index contributed by atoms with van der Waals surface area (Å²) in [7, 11) is 0. The topological polar surface area (TPSA) is 69.2 Å². The molecule has 2 aromatic rings. The lowest BCUT2D eigenvalue weighted by atomic mass is 9.88. The first-order chi connectivity index (χ1) is 12.6. The molecule has 0 atom stereocenters. The summed E-state index contributed by atoms with van der Waals surface area (Å²) in [6.45, 7) is 4.09. The fourth-order valence-electron chi connectivity index (χ4n) is 4.31. The minimum Gasteiger partial charge on any atom is -0.507 e. The molecule has 1 aliphatic heterocycles. The molecule has 2 N–H and O–H groups in total. The molecule has 1 aliphatic carbocycles. The van der Waals surface area contributed by atoms with E-state index in [1.165, 1.54) is 19.3 Å². The van der Waals surface area contributed by atoms with Crippen molar-refractivity contribution in [1.29, 1.82) is 0 Å². The number of aryl methyl sites for hydroxylation is 1. The summed E-state index contributed by atoms with van der Waals surface area (Å²) in [6, 6.07) is 5.87. The third-order valence-electron chi connectivity index (χ3n) is 5.88. The van der Waals surface area contributed by atoms with E-state index in [1.54, 1.807) is 0 Å². The van der Waals surface area contributed by atoms with Crippen molar-refractivity contribution < 1.29 is 5.11 Å². The van der Waals surface area contributed by atoms with Crippen molar-refractivity contribution in [2.24, 2.45) is 0 Å². The maximum atomic E-state index is 12.5. The number of nitrogens with zero attached hydrogens (tertiary/aromatic N) is 2. The van der Waals surface area contributed by atoms with E-state index in [0.29, 0.717) is 24.8 Å². The van der Waals surface area contributed by atoms with Crippen LogP contribution in [0, 0.1) is 6.92 Å². The zero-order valence-corrected chi connectivity index (χ0v) is 15.4. The standard InChI is InChI=1S/C21H27N3O2/c1-14-6-5-9-16(19(14)25)12-24-11-10-17-18(13-24)22-20(23-21(17)26)15-7-3-2-4-8-15/h5-6,9,15,25H,2-4,7-8,10-13H2,1H3,(H,22,23,26). The highest BCUT2D eigenvalue weighted by Gasteiger charge is 2.25. The molecule has 138 valence electrons. The summed E-state index contributed by atoms with van der Waals surface area (Å²) >= 11 is 0. The van der Waals surface area contributed by atoms with E-state index in [0.717, 1.165) is 54.0 Å². The predicted molar refractivity (Wildman–Crippen MR) is 101 cm³/mol. The molecule has 0 amide bonds. The molecule has 0 unspecified atom stereocenters. The van der Waals surface area contributed by atoms with E-state index in [2.05, 4.69) is 9.88 Å². The van der Waals surface area contributed by atoms with Crippen LogP contribution in [0.4, 0.5) is 0 Å². The summed E-state index contributed by atoms with van der Waals surface area (Å²) in [6.07, 6.45) is 6.72. The van der Waals surface area contributed by atoms with Crippen LogP contribution in [-0.2, 0) is 19.5 Å². The Bertz CT molecular complexity index is 853. The molecule has 1 aromatic heterocycles. The number of para-hydroxylation sites is 1. The Morgan fingerprint density at radius 3 is 2.88 bits per heavy atom. The maximum absolute atomic E-state index is 12.5. The van der Waals surface area contributed by atoms with E-state index in [1.807, 2.05) is 25.1 Å². The quantitative estimate of drug-likeness (QED) is 0.887. The number of hydrogen-bond acceptors (Lipinski definition) is 4. The van der Waals surface area contributed by atoms with Crippen LogP contribution in [0.2, 0.25) is 0 Å². The molecule has 4 rings (SSSR count). The number of H-pyrrole nitrogens is 1. The molecular formula is C21H27N3O2. The van der Waals surface area contributed by atoms with Crippen LogP contribution < -0.4 is 5.56 Å². The Balaban J connectivity index is 1.56. The molecule has 1 fully saturated rings. The first-order valence-electron chi connectivity index (χ1n) is 9.73. The Hall–Kier alpha value is -2.14. The van der Waals surface area contributed by atoms with Crippen LogP contribution in [0.5, 0.6) is 5.75 Å². The van der Waals surface area contributed by atoms with Gasteiger partial charge in [0.05, 0.1) is 5.69 Å². The second-order valence-electron chi connectivity index (χ2n) is 7.75. The number of benzene rings is 1. The Morgan fingerprint density at radius 2 is 2.08 bits per heavy atom. The van der Waals surface area contributed by atoms with Crippen molar-refractivity contribution in [1.82, 2.24) is 14.9 Å². The first-order valence-corrected chi connectivity index (χ1v) is 9.73. The minimum atomic E-state index is 0.0497. The van der Waals surface area contributed by atoms with Crippen molar-refractivity contribution in [3.8, 4) is 5.75 Å². The zero-order valence-electron chi connectivity index (χ0n) is 15.4. The summed E-state index contributed by atoms with van der Waals surface area (Å²) in [5.41, 5.74) is 3.65. The minimum absolute atomic E-state index is 0.0497. The highest BCUT2D eigenvalue weighted by molar-refractivity contribution is 5.39. The van der Waals surface area contributed by atoms with E-state index < -0.39 is 0 Å². The average molecular weight is 353 g/mol.